The summed E-state index contributed by atoms with van der Waals surface area (Å²) in [6.07, 6.45) is 1.65. The predicted octanol–water partition coefficient (Wildman–Crippen LogP) is 1.36. The van der Waals surface area contributed by atoms with E-state index in [2.05, 4.69) is 10.0 Å². The standard InChI is InChI=1S/C16H21N3O3S/c1-19-14(13-7-4-3-5-8-13)9-10-15(19)16(20)17-11-6-12-18-23(2,21)22/h3-5,7-10,18H,6,11-12H2,1-2H3,(H,17,20). The van der Waals surface area contributed by atoms with Gasteiger partial charge in [-0.05, 0) is 24.1 Å². The summed E-state index contributed by atoms with van der Waals surface area (Å²) in [4.78, 5) is 12.2. The van der Waals surface area contributed by atoms with Gasteiger partial charge in [0.2, 0.25) is 10.0 Å². The first-order chi connectivity index (χ1) is 10.9. The second-order valence-electron chi connectivity index (χ2n) is 5.30. The minimum absolute atomic E-state index is 0.172. The zero-order valence-corrected chi connectivity index (χ0v) is 14.1. The second kappa shape index (κ2) is 7.43. The first-order valence-electron chi connectivity index (χ1n) is 7.32. The van der Waals surface area contributed by atoms with E-state index in [1.165, 1.54) is 0 Å². The Labute approximate surface area is 136 Å². The van der Waals surface area contributed by atoms with Crippen molar-refractivity contribution in [2.75, 3.05) is 19.3 Å². The van der Waals surface area contributed by atoms with Crippen LogP contribution in [0, 0.1) is 0 Å². The van der Waals surface area contributed by atoms with Gasteiger partial charge in [0, 0.05) is 25.8 Å². The van der Waals surface area contributed by atoms with Crippen LogP contribution in [0.3, 0.4) is 0 Å². The summed E-state index contributed by atoms with van der Waals surface area (Å²) in [7, 11) is -1.33. The van der Waals surface area contributed by atoms with Gasteiger partial charge in [-0.3, -0.25) is 4.79 Å². The van der Waals surface area contributed by atoms with Gasteiger partial charge < -0.3 is 9.88 Å². The maximum absolute atomic E-state index is 12.2. The minimum atomic E-state index is -3.18. The zero-order valence-electron chi connectivity index (χ0n) is 13.2. The maximum Gasteiger partial charge on any atom is 0.267 e. The highest BCUT2D eigenvalue weighted by Crippen LogP contribution is 2.21. The molecule has 0 aliphatic heterocycles. The number of benzene rings is 1. The summed E-state index contributed by atoms with van der Waals surface area (Å²) in [5.41, 5.74) is 2.58. The molecule has 2 aromatic rings. The number of nitrogens with one attached hydrogen (secondary N) is 2. The van der Waals surface area contributed by atoms with Crippen molar-refractivity contribution in [3.63, 3.8) is 0 Å². The van der Waals surface area contributed by atoms with Crippen LogP contribution in [0.15, 0.2) is 42.5 Å². The lowest BCUT2D eigenvalue weighted by Gasteiger charge is -2.09. The van der Waals surface area contributed by atoms with E-state index in [-0.39, 0.29) is 5.91 Å². The molecule has 0 bridgehead atoms. The van der Waals surface area contributed by atoms with Gasteiger partial charge in [-0.25, -0.2) is 13.1 Å². The number of amides is 1. The molecule has 2 N–H and O–H groups in total. The number of carbonyl (C=O) groups is 1. The van der Waals surface area contributed by atoms with Gasteiger partial charge in [0.15, 0.2) is 0 Å². The lowest BCUT2D eigenvalue weighted by molar-refractivity contribution is 0.0945. The molecule has 1 heterocycles. The van der Waals surface area contributed by atoms with Crippen molar-refractivity contribution in [3.05, 3.63) is 48.2 Å². The zero-order chi connectivity index (χ0) is 16.9. The van der Waals surface area contributed by atoms with Crippen molar-refractivity contribution in [3.8, 4) is 11.3 Å². The van der Waals surface area contributed by atoms with Crippen LogP contribution in [-0.4, -0.2) is 38.2 Å². The van der Waals surface area contributed by atoms with E-state index in [0.717, 1.165) is 17.5 Å². The SMILES string of the molecule is Cn1c(C(=O)NCCCNS(C)(=O)=O)ccc1-c1ccccc1. The number of aromatic nitrogens is 1. The van der Waals surface area contributed by atoms with Gasteiger partial charge >= 0.3 is 0 Å². The summed E-state index contributed by atoms with van der Waals surface area (Å²) >= 11 is 0. The molecule has 0 aliphatic rings. The van der Waals surface area contributed by atoms with Crippen molar-refractivity contribution in [1.29, 1.82) is 0 Å². The summed E-state index contributed by atoms with van der Waals surface area (Å²) in [5, 5.41) is 2.80. The Balaban J connectivity index is 1.92. The van der Waals surface area contributed by atoms with E-state index in [4.69, 9.17) is 0 Å². The Bertz CT molecular complexity index is 767. The molecule has 0 atom stereocenters. The van der Waals surface area contributed by atoms with Crippen LogP contribution in [0.4, 0.5) is 0 Å². The fourth-order valence-electron chi connectivity index (χ4n) is 2.28. The Kier molecular flexibility index (Phi) is 5.57. The van der Waals surface area contributed by atoms with Gasteiger partial charge in [-0.2, -0.15) is 0 Å². The normalized spacial score (nSPS) is 11.4. The monoisotopic (exact) mass is 335 g/mol. The lowest BCUT2D eigenvalue weighted by Crippen LogP contribution is -2.30. The summed E-state index contributed by atoms with van der Waals surface area (Å²) < 4.78 is 26.1. The molecule has 6 nitrogen and oxygen atoms in total. The molecule has 2 rings (SSSR count). The lowest BCUT2D eigenvalue weighted by atomic mass is 10.2. The molecule has 0 spiro atoms. The van der Waals surface area contributed by atoms with Crippen LogP contribution < -0.4 is 10.0 Å². The van der Waals surface area contributed by atoms with E-state index in [1.807, 2.05) is 48.0 Å². The highest BCUT2D eigenvalue weighted by Gasteiger charge is 2.13. The average molecular weight is 335 g/mol. The highest BCUT2D eigenvalue weighted by atomic mass is 32.2. The largest absolute Gasteiger partial charge is 0.351 e. The molecule has 0 unspecified atom stereocenters. The number of nitrogens with zero attached hydrogens (tertiary/aromatic N) is 1. The van der Waals surface area contributed by atoms with Crippen LogP contribution in [0.5, 0.6) is 0 Å². The summed E-state index contributed by atoms with van der Waals surface area (Å²) in [6, 6.07) is 13.5. The number of hydrogen-bond acceptors (Lipinski definition) is 3. The van der Waals surface area contributed by atoms with Crippen LogP contribution in [0.1, 0.15) is 16.9 Å². The van der Waals surface area contributed by atoms with Gasteiger partial charge in [-0.1, -0.05) is 30.3 Å². The Morgan fingerprint density at radius 3 is 2.43 bits per heavy atom. The molecule has 0 radical (unpaired) electrons. The Hall–Kier alpha value is -2.12. The minimum Gasteiger partial charge on any atom is -0.351 e. The first-order valence-corrected chi connectivity index (χ1v) is 9.21. The molecule has 0 saturated heterocycles. The number of carbonyl (C=O) groups excluding carboxylic acids is 1. The highest BCUT2D eigenvalue weighted by molar-refractivity contribution is 7.88. The van der Waals surface area contributed by atoms with Crippen LogP contribution in [0.2, 0.25) is 0 Å². The van der Waals surface area contributed by atoms with E-state index in [0.29, 0.717) is 25.2 Å². The molecule has 1 aromatic carbocycles. The molecule has 0 saturated carbocycles. The quantitative estimate of drug-likeness (QED) is 0.750. The third kappa shape index (κ3) is 4.94. The maximum atomic E-state index is 12.2. The molecular weight excluding hydrogens is 314 g/mol. The third-order valence-electron chi connectivity index (χ3n) is 3.43. The molecule has 1 amide bonds. The van der Waals surface area contributed by atoms with E-state index in [9.17, 15) is 13.2 Å². The predicted molar refractivity (Wildman–Crippen MR) is 90.6 cm³/mol. The topological polar surface area (TPSA) is 80.2 Å². The first kappa shape index (κ1) is 17.2. The Morgan fingerprint density at radius 2 is 1.78 bits per heavy atom. The molecule has 1 aromatic heterocycles. The van der Waals surface area contributed by atoms with Gasteiger partial charge in [0.05, 0.1) is 6.26 Å². The molecule has 7 heteroatoms. The second-order valence-corrected chi connectivity index (χ2v) is 7.14. The Morgan fingerprint density at radius 1 is 1.09 bits per heavy atom. The molecule has 0 fully saturated rings. The molecule has 0 aliphatic carbocycles. The van der Waals surface area contributed by atoms with Gasteiger partial charge in [0.25, 0.3) is 5.91 Å². The molecular formula is C16H21N3O3S. The van der Waals surface area contributed by atoms with Crippen molar-refractivity contribution >= 4 is 15.9 Å². The van der Waals surface area contributed by atoms with E-state index < -0.39 is 10.0 Å². The van der Waals surface area contributed by atoms with E-state index >= 15 is 0 Å². The van der Waals surface area contributed by atoms with Gasteiger partial charge in [0.1, 0.15) is 5.69 Å². The molecule has 124 valence electrons. The number of sulfonamides is 1. The number of rotatable bonds is 7. The fourth-order valence-corrected chi connectivity index (χ4v) is 2.79. The van der Waals surface area contributed by atoms with Crippen molar-refractivity contribution in [1.82, 2.24) is 14.6 Å². The van der Waals surface area contributed by atoms with Crippen molar-refractivity contribution < 1.29 is 13.2 Å². The smallest absolute Gasteiger partial charge is 0.267 e. The summed E-state index contributed by atoms with van der Waals surface area (Å²) in [6.45, 7) is 0.717. The van der Waals surface area contributed by atoms with Crippen LogP contribution >= 0.6 is 0 Å². The molecule has 23 heavy (non-hydrogen) atoms. The van der Waals surface area contributed by atoms with Crippen LogP contribution in [0.25, 0.3) is 11.3 Å². The van der Waals surface area contributed by atoms with Crippen molar-refractivity contribution in [2.45, 2.75) is 6.42 Å². The van der Waals surface area contributed by atoms with Crippen molar-refractivity contribution in [2.24, 2.45) is 7.05 Å². The summed E-state index contributed by atoms with van der Waals surface area (Å²) in [5.74, 6) is -0.172. The average Bonchev–Trinajstić information content (AvgIpc) is 2.88. The van der Waals surface area contributed by atoms with E-state index in [1.54, 1.807) is 6.07 Å². The van der Waals surface area contributed by atoms with Crippen LogP contribution in [-0.2, 0) is 17.1 Å². The fraction of sp³-hybridized carbons (Fsp3) is 0.312. The third-order valence-corrected chi connectivity index (χ3v) is 4.16. The number of hydrogen-bond donors (Lipinski definition) is 2. The van der Waals surface area contributed by atoms with Gasteiger partial charge in [-0.15, -0.1) is 0 Å².